The minimum Gasteiger partial charge on any atom is -0.313 e. The summed E-state index contributed by atoms with van der Waals surface area (Å²) in [5.41, 5.74) is 0. The van der Waals surface area contributed by atoms with Gasteiger partial charge < -0.3 is 5.32 Å². The number of fused-ring (bicyclic) bond motifs is 1. The van der Waals surface area contributed by atoms with Crippen LogP contribution in [0.1, 0.15) is 12.8 Å². The minimum absolute atomic E-state index is 0.109. The second-order valence-electron chi connectivity index (χ2n) is 3.10. The molecule has 2 aliphatic rings. The lowest BCUT2D eigenvalue weighted by Crippen LogP contribution is -2.24. The lowest BCUT2D eigenvalue weighted by atomic mass is 10.1. The van der Waals surface area contributed by atoms with Crippen molar-refractivity contribution in [2.45, 2.75) is 18.9 Å². The van der Waals surface area contributed by atoms with E-state index < -0.39 is 0 Å². The molecule has 2 rings (SSSR count). The van der Waals surface area contributed by atoms with Crippen molar-refractivity contribution in [3.63, 3.8) is 0 Å². The van der Waals surface area contributed by atoms with Gasteiger partial charge in [-0.2, -0.15) is 0 Å². The van der Waals surface area contributed by atoms with E-state index in [1.54, 1.807) is 0 Å². The molecule has 1 N–H and O–H groups in total. The van der Waals surface area contributed by atoms with E-state index in [1.807, 2.05) is 0 Å². The smallest absolute Gasteiger partial charge is 0.0940 e. The molecule has 52 valence electrons. The fraction of sp³-hybridized carbons (Fsp3) is 1.00. The van der Waals surface area contributed by atoms with Crippen LogP contribution in [0, 0.1) is 11.8 Å². The first-order valence-electron chi connectivity index (χ1n) is 3.73. The molecule has 1 nitrogen and oxygen atoms in total. The van der Waals surface area contributed by atoms with Crippen LogP contribution in [-0.4, -0.2) is 19.3 Å². The Morgan fingerprint density at radius 2 is 2.44 bits per heavy atom. The third-order valence-corrected chi connectivity index (χ3v) is 2.60. The largest absolute Gasteiger partial charge is 0.313 e. The van der Waals surface area contributed by atoms with E-state index in [0.717, 1.165) is 6.54 Å². The van der Waals surface area contributed by atoms with Crippen LogP contribution in [0.3, 0.4) is 0 Å². The Morgan fingerprint density at radius 3 is 3.00 bits per heavy atom. The highest BCUT2D eigenvalue weighted by molar-refractivity contribution is 5.04. The fourth-order valence-electron chi connectivity index (χ4n) is 1.96. The third-order valence-electron chi connectivity index (χ3n) is 2.60. The van der Waals surface area contributed by atoms with Gasteiger partial charge in [0.2, 0.25) is 0 Å². The number of hydrogen-bond donors (Lipinski definition) is 1. The van der Waals surface area contributed by atoms with E-state index in [9.17, 15) is 4.39 Å². The molecule has 0 aromatic carbocycles. The van der Waals surface area contributed by atoms with Crippen molar-refractivity contribution in [2.24, 2.45) is 11.8 Å². The molecule has 1 saturated heterocycles. The van der Waals surface area contributed by atoms with Gasteiger partial charge in [0.1, 0.15) is 0 Å². The SMILES string of the molecule is FCC1C2CCCNC12. The molecule has 3 atom stereocenters. The maximum atomic E-state index is 12.0. The lowest BCUT2D eigenvalue weighted by molar-refractivity contribution is 0.434. The summed E-state index contributed by atoms with van der Waals surface area (Å²) in [5.74, 6) is 1.08. The van der Waals surface area contributed by atoms with Gasteiger partial charge in [0, 0.05) is 12.0 Å². The Kier molecular flexibility index (Phi) is 1.22. The molecule has 1 heterocycles. The summed E-state index contributed by atoms with van der Waals surface area (Å²) < 4.78 is 12.0. The molecule has 0 amide bonds. The van der Waals surface area contributed by atoms with E-state index in [4.69, 9.17) is 0 Å². The Hall–Kier alpha value is -0.110. The van der Waals surface area contributed by atoms with Crippen molar-refractivity contribution in [1.29, 1.82) is 0 Å². The minimum atomic E-state index is -0.109. The van der Waals surface area contributed by atoms with Crippen LogP contribution in [0.15, 0.2) is 0 Å². The maximum absolute atomic E-state index is 12.0. The van der Waals surface area contributed by atoms with E-state index in [0.29, 0.717) is 17.9 Å². The van der Waals surface area contributed by atoms with Gasteiger partial charge in [-0.25, -0.2) is 0 Å². The van der Waals surface area contributed by atoms with Crippen molar-refractivity contribution in [2.75, 3.05) is 13.2 Å². The zero-order valence-electron chi connectivity index (χ0n) is 5.44. The average molecular weight is 129 g/mol. The Labute approximate surface area is 54.6 Å². The van der Waals surface area contributed by atoms with Crippen molar-refractivity contribution >= 4 is 0 Å². The highest BCUT2D eigenvalue weighted by Crippen LogP contribution is 2.44. The topological polar surface area (TPSA) is 12.0 Å². The van der Waals surface area contributed by atoms with E-state index >= 15 is 0 Å². The number of nitrogens with one attached hydrogen (secondary N) is 1. The zero-order chi connectivity index (χ0) is 6.27. The van der Waals surface area contributed by atoms with E-state index in [2.05, 4.69) is 5.32 Å². The Bertz CT molecular complexity index is 96.7. The van der Waals surface area contributed by atoms with Gasteiger partial charge in [-0.3, -0.25) is 4.39 Å². The predicted octanol–water partition coefficient (Wildman–Crippen LogP) is 0.954. The first kappa shape index (κ1) is 5.66. The first-order valence-corrected chi connectivity index (χ1v) is 3.73. The van der Waals surface area contributed by atoms with Crippen molar-refractivity contribution in [3.8, 4) is 0 Å². The molecule has 0 spiro atoms. The van der Waals surface area contributed by atoms with Crippen LogP contribution >= 0.6 is 0 Å². The van der Waals surface area contributed by atoms with E-state index in [-0.39, 0.29) is 6.67 Å². The number of halogens is 1. The monoisotopic (exact) mass is 129 g/mol. The van der Waals surface area contributed by atoms with Gasteiger partial charge in [0.25, 0.3) is 0 Å². The van der Waals surface area contributed by atoms with E-state index in [1.165, 1.54) is 12.8 Å². The molecule has 0 aromatic rings. The summed E-state index contributed by atoms with van der Waals surface area (Å²) in [6.07, 6.45) is 2.50. The van der Waals surface area contributed by atoms with Crippen LogP contribution in [0.5, 0.6) is 0 Å². The van der Waals surface area contributed by atoms with Crippen molar-refractivity contribution < 1.29 is 4.39 Å². The summed E-state index contributed by atoms with van der Waals surface area (Å²) in [4.78, 5) is 0. The van der Waals surface area contributed by atoms with Crippen LogP contribution in [-0.2, 0) is 0 Å². The number of rotatable bonds is 1. The van der Waals surface area contributed by atoms with Crippen LogP contribution in [0.4, 0.5) is 4.39 Å². The molecule has 1 aliphatic carbocycles. The zero-order valence-corrected chi connectivity index (χ0v) is 5.44. The second kappa shape index (κ2) is 1.94. The van der Waals surface area contributed by atoms with Gasteiger partial charge in [-0.15, -0.1) is 0 Å². The fourth-order valence-corrected chi connectivity index (χ4v) is 1.96. The van der Waals surface area contributed by atoms with Gasteiger partial charge in [0.05, 0.1) is 6.67 Å². The Morgan fingerprint density at radius 1 is 1.56 bits per heavy atom. The quantitative estimate of drug-likeness (QED) is 0.556. The third kappa shape index (κ3) is 0.767. The molecule has 1 saturated carbocycles. The summed E-state index contributed by atoms with van der Waals surface area (Å²) >= 11 is 0. The highest BCUT2D eigenvalue weighted by Gasteiger charge is 2.50. The van der Waals surface area contributed by atoms with Crippen molar-refractivity contribution in [1.82, 2.24) is 5.32 Å². The van der Waals surface area contributed by atoms with Crippen LogP contribution in [0.25, 0.3) is 0 Å². The highest BCUT2D eigenvalue weighted by atomic mass is 19.1. The molecular formula is C7H12FN. The van der Waals surface area contributed by atoms with Crippen LogP contribution < -0.4 is 5.32 Å². The van der Waals surface area contributed by atoms with Gasteiger partial charge in [-0.1, -0.05) is 0 Å². The normalized spacial score (nSPS) is 48.3. The molecular weight excluding hydrogens is 117 g/mol. The second-order valence-corrected chi connectivity index (χ2v) is 3.10. The standard InChI is InChI=1S/C7H12FN/c8-4-6-5-2-1-3-9-7(5)6/h5-7,9H,1-4H2. The molecule has 0 bridgehead atoms. The van der Waals surface area contributed by atoms with Crippen LogP contribution in [0.2, 0.25) is 0 Å². The molecule has 0 radical (unpaired) electrons. The molecule has 2 fully saturated rings. The number of alkyl halides is 1. The summed E-state index contributed by atoms with van der Waals surface area (Å²) in [5, 5.41) is 3.32. The summed E-state index contributed by atoms with van der Waals surface area (Å²) in [6, 6.07) is 0.559. The number of hydrogen-bond acceptors (Lipinski definition) is 1. The molecule has 3 unspecified atom stereocenters. The van der Waals surface area contributed by atoms with Gasteiger partial charge in [0.15, 0.2) is 0 Å². The molecule has 9 heavy (non-hydrogen) atoms. The molecule has 1 aliphatic heterocycles. The molecule has 2 heteroatoms. The Balaban J connectivity index is 1.91. The molecule has 0 aromatic heterocycles. The summed E-state index contributed by atoms with van der Waals surface area (Å²) in [7, 11) is 0. The van der Waals surface area contributed by atoms with Crippen molar-refractivity contribution in [3.05, 3.63) is 0 Å². The van der Waals surface area contributed by atoms with Gasteiger partial charge in [-0.05, 0) is 25.3 Å². The number of piperidine rings is 1. The summed E-state index contributed by atoms with van der Waals surface area (Å²) in [6.45, 7) is 1.00. The average Bonchev–Trinajstić information content (AvgIpc) is 2.60. The maximum Gasteiger partial charge on any atom is 0.0940 e. The first-order chi connectivity index (χ1) is 4.43. The predicted molar refractivity (Wildman–Crippen MR) is 34.0 cm³/mol. The van der Waals surface area contributed by atoms with Gasteiger partial charge >= 0.3 is 0 Å². The lowest BCUT2D eigenvalue weighted by Gasteiger charge is -2.07.